The highest BCUT2D eigenvalue weighted by atomic mass is 16.7. The Morgan fingerprint density at radius 2 is 1.61 bits per heavy atom. The first-order valence-corrected chi connectivity index (χ1v) is 9.34. The zero-order valence-electron chi connectivity index (χ0n) is 15.3. The Labute approximate surface area is 162 Å². The molecule has 4 nitrogen and oxygen atoms in total. The standard InChI is InChI=1S/C24H17NO3/c1-14-17-11-20-21(27-13-26-20)12-18(17)25-23-16-9-5-6-10-19(16)28-24(22(14)23)15-7-3-2-4-8-15/h2-12,24H,13H2,1H3. The number of hydrogen-bond donors (Lipinski definition) is 0. The molecule has 0 amide bonds. The average Bonchev–Trinajstić information content (AvgIpc) is 3.20. The van der Waals surface area contributed by atoms with E-state index in [0.717, 1.165) is 56.1 Å². The van der Waals surface area contributed by atoms with Crippen LogP contribution in [0.3, 0.4) is 0 Å². The zero-order valence-corrected chi connectivity index (χ0v) is 15.3. The summed E-state index contributed by atoms with van der Waals surface area (Å²) in [6.45, 7) is 2.39. The van der Waals surface area contributed by atoms with Crippen LogP contribution in [0.1, 0.15) is 22.8 Å². The molecule has 28 heavy (non-hydrogen) atoms. The maximum Gasteiger partial charge on any atom is 0.231 e. The normalized spacial score (nSPS) is 16.4. The van der Waals surface area contributed by atoms with E-state index in [0.29, 0.717) is 0 Å². The Morgan fingerprint density at radius 1 is 0.857 bits per heavy atom. The molecule has 1 unspecified atom stereocenters. The lowest BCUT2D eigenvalue weighted by atomic mass is 9.88. The van der Waals surface area contributed by atoms with Crippen molar-refractivity contribution < 1.29 is 14.2 Å². The van der Waals surface area contributed by atoms with E-state index in [1.165, 1.54) is 0 Å². The summed E-state index contributed by atoms with van der Waals surface area (Å²) in [6.07, 6.45) is -0.201. The molecule has 0 spiro atoms. The van der Waals surface area contributed by atoms with Crippen LogP contribution in [0.25, 0.3) is 22.2 Å². The second-order valence-electron chi connectivity index (χ2n) is 7.13. The van der Waals surface area contributed by atoms with Crippen LogP contribution in [0.2, 0.25) is 0 Å². The highest BCUT2D eigenvalue weighted by Crippen LogP contribution is 2.47. The lowest BCUT2D eigenvalue weighted by Crippen LogP contribution is -2.18. The molecule has 4 aromatic rings. The summed E-state index contributed by atoms with van der Waals surface area (Å²) >= 11 is 0. The molecule has 0 saturated heterocycles. The van der Waals surface area contributed by atoms with Crippen molar-refractivity contribution in [1.82, 2.24) is 4.98 Å². The van der Waals surface area contributed by atoms with Gasteiger partial charge in [0.15, 0.2) is 17.6 Å². The quantitative estimate of drug-likeness (QED) is 0.450. The predicted molar refractivity (Wildman–Crippen MR) is 107 cm³/mol. The molecular formula is C24H17NO3. The van der Waals surface area contributed by atoms with Gasteiger partial charge in [0.1, 0.15) is 5.75 Å². The number of ether oxygens (including phenoxy) is 3. The first kappa shape index (κ1) is 15.5. The summed E-state index contributed by atoms with van der Waals surface area (Å²) in [6, 6.07) is 22.4. The lowest BCUT2D eigenvalue weighted by Gasteiger charge is -2.30. The molecule has 0 fully saturated rings. The Balaban J connectivity index is 1.69. The van der Waals surface area contributed by atoms with Crippen LogP contribution in [0, 0.1) is 6.92 Å². The number of para-hydroxylation sites is 1. The van der Waals surface area contributed by atoms with Gasteiger partial charge in [0.05, 0.1) is 11.2 Å². The highest BCUT2D eigenvalue weighted by Gasteiger charge is 2.31. The number of rotatable bonds is 1. The van der Waals surface area contributed by atoms with Gasteiger partial charge in [0.2, 0.25) is 6.79 Å². The monoisotopic (exact) mass is 367 g/mol. The molecule has 0 aliphatic carbocycles. The number of hydrogen-bond acceptors (Lipinski definition) is 4. The summed E-state index contributed by atoms with van der Waals surface area (Å²) < 4.78 is 17.6. The van der Waals surface area contributed by atoms with Gasteiger partial charge >= 0.3 is 0 Å². The molecule has 1 aromatic heterocycles. The average molecular weight is 367 g/mol. The van der Waals surface area contributed by atoms with Gasteiger partial charge in [-0.25, -0.2) is 4.98 Å². The van der Waals surface area contributed by atoms with Crippen molar-refractivity contribution in [2.75, 3.05) is 6.79 Å². The molecule has 6 rings (SSSR count). The minimum absolute atomic E-state index is 0.201. The molecule has 0 saturated carbocycles. The van der Waals surface area contributed by atoms with Crippen molar-refractivity contribution in [2.45, 2.75) is 13.0 Å². The zero-order chi connectivity index (χ0) is 18.7. The number of aryl methyl sites for hydroxylation is 1. The van der Waals surface area contributed by atoms with E-state index in [4.69, 9.17) is 19.2 Å². The van der Waals surface area contributed by atoms with Crippen LogP contribution >= 0.6 is 0 Å². The van der Waals surface area contributed by atoms with Crippen molar-refractivity contribution in [2.24, 2.45) is 0 Å². The summed E-state index contributed by atoms with van der Waals surface area (Å²) in [5.41, 5.74) is 6.28. The molecule has 2 aliphatic heterocycles. The van der Waals surface area contributed by atoms with Gasteiger partial charge in [0, 0.05) is 22.6 Å². The maximum atomic E-state index is 6.47. The summed E-state index contributed by atoms with van der Waals surface area (Å²) in [7, 11) is 0. The van der Waals surface area contributed by atoms with E-state index in [9.17, 15) is 0 Å². The number of pyridine rings is 1. The molecule has 0 radical (unpaired) electrons. The number of aromatic nitrogens is 1. The Bertz CT molecular complexity index is 1230. The van der Waals surface area contributed by atoms with Crippen LogP contribution in [-0.2, 0) is 0 Å². The summed E-state index contributed by atoms with van der Waals surface area (Å²) in [5, 5.41) is 1.06. The molecular weight excluding hydrogens is 350 g/mol. The molecule has 4 heteroatoms. The molecule has 1 atom stereocenters. The Hall–Kier alpha value is -3.53. The lowest BCUT2D eigenvalue weighted by molar-refractivity contribution is 0.174. The fourth-order valence-corrected chi connectivity index (χ4v) is 4.17. The van der Waals surface area contributed by atoms with Crippen LogP contribution in [0.4, 0.5) is 0 Å². The van der Waals surface area contributed by atoms with Crippen molar-refractivity contribution >= 4 is 10.9 Å². The van der Waals surface area contributed by atoms with E-state index in [1.54, 1.807) is 0 Å². The highest BCUT2D eigenvalue weighted by molar-refractivity contribution is 5.91. The number of nitrogens with zero attached hydrogens (tertiary/aromatic N) is 1. The third kappa shape index (κ3) is 2.15. The van der Waals surface area contributed by atoms with Crippen molar-refractivity contribution in [3.8, 4) is 28.5 Å². The summed E-state index contributed by atoms with van der Waals surface area (Å²) in [5.74, 6) is 2.38. The summed E-state index contributed by atoms with van der Waals surface area (Å²) in [4.78, 5) is 5.06. The fraction of sp³-hybridized carbons (Fsp3) is 0.125. The van der Waals surface area contributed by atoms with Gasteiger partial charge in [-0.3, -0.25) is 0 Å². The Kier molecular flexibility index (Phi) is 3.18. The van der Waals surface area contributed by atoms with Gasteiger partial charge in [0.25, 0.3) is 0 Å². The largest absolute Gasteiger partial charge is 0.480 e. The van der Waals surface area contributed by atoms with Gasteiger partial charge in [-0.15, -0.1) is 0 Å². The number of benzene rings is 3. The Morgan fingerprint density at radius 3 is 2.46 bits per heavy atom. The van der Waals surface area contributed by atoms with Crippen molar-refractivity contribution in [3.63, 3.8) is 0 Å². The van der Waals surface area contributed by atoms with Crippen LogP contribution in [-0.4, -0.2) is 11.8 Å². The van der Waals surface area contributed by atoms with Crippen molar-refractivity contribution in [3.05, 3.63) is 83.4 Å². The third-order valence-electron chi connectivity index (χ3n) is 5.54. The molecule has 0 N–H and O–H groups in total. The van der Waals surface area contributed by atoms with Crippen LogP contribution in [0.5, 0.6) is 17.2 Å². The van der Waals surface area contributed by atoms with Gasteiger partial charge in [-0.2, -0.15) is 0 Å². The van der Waals surface area contributed by atoms with Crippen molar-refractivity contribution in [1.29, 1.82) is 0 Å². The predicted octanol–water partition coefficient (Wildman–Crippen LogP) is 5.42. The smallest absolute Gasteiger partial charge is 0.231 e. The van der Waals surface area contributed by atoms with Crippen LogP contribution < -0.4 is 14.2 Å². The molecule has 0 bridgehead atoms. The van der Waals surface area contributed by atoms with E-state index in [1.807, 2.05) is 48.5 Å². The van der Waals surface area contributed by atoms with Gasteiger partial charge in [-0.05, 0) is 36.2 Å². The minimum Gasteiger partial charge on any atom is -0.480 e. The fourth-order valence-electron chi connectivity index (χ4n) is 4.17. The van der Waals surface area contributed by atoms with Gasteiger partial charge < -0.3 is 14.2 Å². The molecule has 2 aliphatic rings. The first-order valence-electron chi connectivity index (χ1n) is 9.34. The topological polar surface area (TPSA) is 40.6 Å². The SMILES string of the molecule is Cc1c2c(nc3cc4c(cc13)OCO4)-c1ccccc1OC2c1ccccc1. The van der Waals surface area contributed by atoms with E-state index in [2.05, 4.69) is 25.1 Å². The number of fused-ring (bicyclic) bond motifs is 5. The first-order chi connectivity index (χ1) is 13.8. The van der Waals surface area contributed by atoms with Gasteiger partial charge in [-0.1, -0.05) is 42.5 Å². The molecule has 3 aromatic carbocycles. The maximum absolute atomic E-state index is 6.47. The molecule has 3 heterocycles. The minimum atomic E-state index is -0.201. The third-order valence-corrected chi connectivity index (χ3v) is 5.54. The van der Waals surface area contributed by atoms with E-state index < -0.39 is 0 Å². The van der Waals surface area contributed by atoms with E-state index >= 15 is 0 Å². The second-order valence-corrected chi connectivity index (χ2v) is 7.13. The second kappa shape index (κ2) is 5.73. The molecule has 136 valence electrons. The van der Waals surface area contributed by atoms with E-state index in [-0.39, 0.29) is 12.9 Å². The van der Waals surface area contributed by atoms with Crippen LogP contribution in [0.15, 0.2) is 66.7 Å².